The molecule has 114 valence electrons. The predicted molar refractivity (Wildman–Crippen MR) is 84.1 cm³/mol. The number of rotatable bonds is 4. The van der Waals surface area contributed by atoms with Gasteiger partial charge in [-0.05, 0) is 25.0 Å². The summed E-state index contributed by atoms with van der Waals surface area (Å²) in [5.74, 6) is 0.937. The molecule has 1 aliphatic rings. The van der Waals surface area contributed by atoms with E-state index in [1.807, 2.05) is 12.1 Å². The summed E-state index contributed by atoms with van der Waals surface area (Å²) in [5, 5.41) is 9.79. The van der Waals surface area contributed by atoms with Crippen LogP contribution in [0.15, 0.2) is 30.3 Å². The second kappa shape index (κ2) is 6.30. The fourth-order valence-electron chi connectivity index (χ4n) is 2.56. The SMILES string of the molecule is N#Cc1cc(N)c(Oc2ccccc2Cl)n1C[C@H]1CCCO1. The van der Waals surface area contributed by atoms with Gasteiger partial charge in [0.1, 0.15) is 17.5 Å². The number of aromatic nitrogens is 1. The smallest absolute Gasteiger partial charge is 0.224 e. The number of nitriles is 1. The van der Waals surface area contributed by atoms with Gasteiger partial charge < -0.3 is 15.2 Å². The molecule has 3 rings (SSSR count). The first-order valence-electron chi connectivity index (χ1n) is 7.12. The summed E-state index contributed by atoms with van der Waals surface area (Å²) >= 11 is 6.13. The van der Waals surface area contributed by atoms with Crippen molar-refractivity contribution in [3.05, 3.63) is 41.0 Å². The molecule has 1 fully saturated rings. The Morgan fingerprint density at radius 1 is 1.45 bits per heavy atom. The van der Waals surface area contributed by atoms with Crippen LogP contribution < -0.4 is 10.5 Å². The van der Waals surface area contributed by atoms with Crippen molar-refractivity contribution in [2.24, 2.45) is 0 Å². The Morgan fingerprint density at radius 2 is 2.27 bits per heavy atom. The van der Waals surface area contributed by atoms with Crippen molar-refractivity contribution in [3.8, 4) is 17.7 Å². The van der Waals surface area contributed by atoms with Crippen LogP contribution in [0.1, 0.15) is 18.5 Å². The van der Waals surface area contributed by atoms with E-state index in [-0.39, 0.29) is 6.10 Å². The van der Waals surface area contributed by atoms with Gasteiger partial charge in [0.15, 0.2) is 0 Å². The van der Waals surface area contributed by atoms with Gasteiger partial charge in [-0.15, -0.1) is 0 Å². The lowest BCUT2D eigenvalue weighted by atomic mass is 10.2. The molecule has 2 N–H and O–H groups in total. The quantitative estimate of drug-likeness (QED) is 0.935. The molecule has 1 aliphatic heterocycles. The zero-order valence-electron chi connectivity index (χ0n) is 12.0. The number of nitrogens with two attached hydrogens (primary N) is 1. The maximum absolute atomic E-state index is 9.30. The summed E-state index contributed by atoms with van der Waals surface area (Å²) in [7, 11) is 0. The van der Waals surface area contributed by atoms with Crippen molar-refractivity contribution in [2.45, 2.75) is 25.5 Å². The highest BCUT2D eigenvalue weighted by Crippen LogP contribution is 2.35. The Balaban J connectivity index is 1.94. The van der Waals surface area contributed by atoms with Crippen molar-refractivity contribution >= 4 is 17.3 Å². The van der Waals surface area contributed by atoms with Crippen molar-refractivity contribution in [1.82, 2.24) is 4.57 Å². The number of hydrogen-bond acceptors (Lipinski definition) is 4. The van der Waals surface area contributed by atoms with Gasteiger partial charge in [-0.1, -0.05) is 23.7 Å². The summed E-state index contributed by atoms with van der Waals surface area (Å²) in [6.07, 6.45) is 2.07. The molecule has 0 spiro atoms. The highest BCUT2D eigenvalue weighted by molar-refractivity contribution is 6.32. The molecule has 0 aliphatic carbocycles. The van der Waals surface area contributed by atoms with Crippen LogP contribution in [-0.4, -0.2) is 17.3 Å². The lowest BCUT2D eigenvalue weighted by Gasteiger charge is -2.16. The van der Waals surface area contributed by atoms with Crippen LogP contribution in [-0.2, 0) is 11.3 Å². The Bertz CT molecular complexity index is 715. The summed E-state index contributed by atoms with van der Waals surface area (Å²) in [4.78, 5) is 0. The molecule has 1 saturated heterocycles. The molecule has 0 saturated carbocycles. The predicted octanol–water partition coefficient (Wildman–Crippen LogP) is 3.57. The summed E-state index contributed by atoms with van der Waals surface area (Å²) in [6.45, 7) is 1.30. The van der Waals surface area contributed by atoms with Crippen LogP contribution >= 0.6 is 11.6 Å². The van der Waals surface area contributed by atoms with Crippen LogP contribution in [0.5, 0.6) is 11.6 Å². The molecule has 22 heavy (non-hydrogen) atoms. The van der Waals surface area contributed by atoms with Crippen LogP contribution in [0, 0.1) is 11.3 Å². The maximum Gasteiger partial charge on any atom is 0.224 e. The lowest BCUT2D eigenvalue weighted by Crippen LogP contribution is -2.16. The Labute approximate surface area is 133 Å². The third-order valence-corrected chi connectivity index (χ3v) is 3.96. The Kier molecular flexibility index (Phi) is 4.23. The van der Waals surface area contributed by atoms with Crippen molar-refractivity contribution in [3.63, 3.8) is 0 Å². The molecule has 1 atom stereocenters. The first kappa shape index (κ1) is 14.8. The van der Waals surface area contributed by atoms with Crippen LogP contribution in [0.25, 0.3) is 0 Å². The summed E-state index contributed by atoms with van der Waals surface area (Å²) in [5.41, 5.74) is 6.87. The summed E-state index contributed by atoms with van der Waals surface area (Å²) in [6, 6.07) is 10.9. The molecule has 0 unspecified atom stereocenters. The fraction of sp³-hybridized carbons (Fsp3) is 0.312. The molecule has 2 aromatic rings. The maximum atomic E-state index is 9.30. The van der Waals surface area contributed by atoms with E-state index in [0.717, 1.165) is 19.4 Å². The third-order valence-electron chi connectivity index (χ3n) is 3.64. The second-order valence-corrected chi connectivity index (χ2v) is 5.59. The van der Waals surface area contributed by atoms with E-state index >= 15 is 0 Å². The van der Waals surface area contributed by atoms with E-state index < -0.39 is 0 Å². The van der Waals surface area contributed by atoms with E-state index in [9.17, 15) is 5.26 Å². The molecule has 1 aromatic carbocycles. The minimum atomic E-state index is 0.0764. The molecular weight excluding hydrogens is 302 g/mol. The molecule has 0 amide bonds. The minimum absolute atomic E-state index is 0.0764. The Hall–Kier alpha value is -2.16. The van der Waals surface area contributed by atoms with E-state index in [2.05, 4.69) is 6.07 Å². The highest BCUT2D eigenvalue weighted by atomic mass is 35.5. The van der Waals surface area contributed by atoms with Crippen molar-refractivity contribution in [2.75, 3.05) is 12.3 Å². The van der Waals surface area contributed by atoms with Gasteiger partial charge in [-0.2, -0.15) is 5.26 Å². The zero-order valence-corrected chi connectivity index (χ0v) is 12.7. The van der Waals surface area contributed by atoms with Crippen LogP contribution in [0.4, 0.5) is 5.69 Å². The highest BCUT2D eigenvalue weighted by Gasteiger charge is 2.22. The first-order valence-corrected chi connectivity index (χ1v) is 7.50. The average molecular weight is 318 g/mol. The van der Waals surface area contributed by atoms with Crippen LogP contribution in [0.3, 0.4) is 0 Å². The number of ether oxygens (including phenoxy) is 2. The largest absolute Gasteiger partial charge is 0.437 e. The standard InChI is InChI=1S/C16H16ClN3O2/c17-13-5-1-2-6-15(13)22-16-14(19)8-11(9-18)20(16)10-12-4-3-7-21-12/h1-2,5-6,8,12H,3-4,7,10,19H2/t12-/m1/s1. The topological polar surface area (TPSA) is 73.2 Å². The van der Waals surface area contributed by atoms with Gasteiger partial charge in [0.25, 0.3) is 0 Å². The third kappa shape index (κ3) is 2.89. The van der Waals surface area contributed by atoms with E-state index in [4.69, 9.17) is 26.8 Å². The van der Waals surface area contributed by atoms with Crippen LogP contribution in [0.2, 0.25) is 5.02 Å². The van der Waals surface area contributed by atoms with Gasteiger partial charge in [0, 0.05) is 12.7 Å². The van der Waals surface area contributed by atoms with Gasteiger partial charge in [0.2, 0.25) is 5.88 Å². The number of anilines is 1. The zero-order chi connectivity index (χ0) is 15.5. The van der Waals surface area contributed by atoms with Crippen molar-refractivity contribution in [1.29, 1.82) is 5.26 Å². The Morgan fingerprint density at radius 3 is 2.95 bits per heavy atom. The van der Waals surface area contributed by atoms with Crippen molar-refractivity contribution < 1.29 is 9.47 Å². The minimum Gasteiger partial charge on any atom is -0.437 e. The van der Waals surface area contributed by atoms with Gasteiger partial charge in [-0.25, -0.2) is 0 Å². The number of nitrogen functional groups attached to an aromatic ring is 1. The number of halogens is 1. The second-order valence-electron chi connectivity index (χ2n) is 5.18. The molecule has 0 radical (unpaired) electrons. The number of hydrogen-bond donors (Lipinski definition) is 1. The number of benzene rings is 1. The lowest BCUT2D eigenvalue weighted by molar-refractivity contribution is 0.0952. The molecule has 1 aromatic heterocycles. The first-order chi connectivity index (χ1) is 10.7. The van der Waals surface area contributed by atoms with E-state index in [0.29, 0.717) is 34.6 Å². The summed E-state index contributed by atoms with van der Waals surface area (Å²) < 4.78 is 13.3. The molecular formula is C16H16ClN3O2. The molecule has 0 bridgehead atoms. The van der Waals surface area contributed by atoms with E-state index in [1.54, 1.807) is 22.8 Å². The monoisotopic (exact) mass is 317 g/mol. The molecule has 2 heterocycles. The van der Waals surface area contributed by atoms with Gasteiger partial charge >= 0.3 is 0 Å². The number of para-hydroxylation sites is 1. The number of nitrogens with zero attached hydrogens (tertiary/aromatic N) is 2. The molecule has 5 nitrogen and oxygen atoms in total. The normalized spacial score (nSPS) is 17.4. The average Bonchev–Trinajstić information content (AvgIpc) is 3.12. The fourth-order valence-corrected chi connectivity index (χ4v) is 2.74. The van der Waals surface area contributed by atoms with Gasteiger partial charge in [0.05, 0.1) is 23.4 Å². The molecule has 6 heteroatoms. The van der Waals surface area contributed by atoms with Gasteiger partial charge in [-0.3, -0.25) is 4.57 Å². The van der Waals surface area contributed by atoms with E-state index in [1.165, 1.54) is 0 Å².